The molecule has 0 saturated heterocycles. The topological polar surface area (TPSA) is 70.2 Å². The van der Waals surface area contributed by atoms with Crippen LogP contribution in [0.4, 0.5) is 0 Å². The molecule has 0 radical (unpaired) electrons. The van der Waals surface area contributed by atoms with Crippen LogP contribution in [0.5, 0.6) is 0 Å². The number of nitrogens with one attached hydrogen (secondary N) is 3. The molecule has 0 atom stereocenters. The van der Waals surface area contributed by atoms with Gasteiger partial charge < -0.3 is 0 Å². The second kappa shape index (κ2) is 9.10. The number of rotatable bonds is 3. The number of benzene rings is 2. The number of carbonyl (C=O) groups is 2. The van der Waals surface area contributed by atoms with Gasteiger partial charge in [0.2, 0.25) is 5.91 Å². The molecule has 5 nitrogen and oxygen atoms in total. The van der Waals surface area contributed by atoms with E-state index >= 15 is 0 Å². The fourth-order valence-electron chi connectivity index (χ4n) is 1.86. The van der Waals surface area contributed by atoms with E-state index in [0.717, 1.165) is 11.1 Å². The Bertz CT molecular complexity index is 819. The third-order valence-electron chi connectivity index (χ3n) is 3.15. The summed E-state index contributed by atoms with van der Waals surface area (Å²) in [7, 11) is 0. The third kappa shape index (κ3) is 6.13. The van der Waals surface area contributed by atoms with Gasteiger partial charge in [0.05, 0.1) is 5.56 Å². The first kappa shape index (κ1) is 18.8. The number of amides is 2. The van der Waals surface area contributed by atoms with Crippen LogP contribution in [-0.2, 0) is 4.79 Å². The summed E-state index contributed by atoms with van der Waals surface area (Å²) in [6.07, 6.45) is 3.05. The van der Waals surface area contributed by atoms with Crippen LogP contribution in [0.15, 0.2) is 59.1 Å². The maximum atomic E-state index is 12.0. The molecular formula is C18H16BrN3O2S. The zero-order valence-electron chi connectivity index (χ0n) is 13.4. The van der Waals surface area contributed by atoms with Crippen molar-refractivity contribution in [2.45, 2.75) is 6.92 Å². The van der Waals surface area contributed by atoms with Gasteiger partial charge in [0.1, 0.15) is 0 Å². The van der Waals surface area contributed by atoms with Gasteiger partial charge in [0, 0.05) is 10.5 Å². The van der Waals surface area contributed by atoms with Crippen molar-refractivity contribution in [2.75, 3.05) is 0 Å². The molecule has 0 fully saturated rings. The van der Waals surface area contributed by atoms with Gasteiger partial charge in [-0.15, -0.1) is 0 Å². The fourth-order valence-corrected chi connectivity index (χ4v) is 2.48. The average molecular weight is 418 g/mol. The van der Waals surface area contributed by atoms with E-state index in [1.807, 2.05) is 31.2 Å². The summed E-state index contributed by atoms with van der Waals surface area (Å²) in [5, 5.41) is 2.45. The Labute approximate surface area is 159 Å². The van der Waals surface area contributed by atoms with E-state index in [-0.39, 0.29) is 11.0 Å². The Morgan fingerprint density at radius 1 is 1.04 bits per heavy atom. The summed E-state index contributed by atoms with van der Waals surface area (Å²) < 4.78 is 0.658. The minimum absolute atomic E-state index is 0.000963. The van der Waals surface area contributed by atoms with E-state index in [4.69, 9.17) is 12.2 Å². The van der Waals surface area contributed by atoms with Crippen molar-refractivity contribution in [1.29, 1.82) is 0 Å². The van der Waals surface area contributed by atoms with Crippen LogP contribution < -0.4 is 16.2 Å². The van der Waals surface area contributed by atoms with Crippen LogP contribution >= 0.6 is 28.1 Å². The van der Waals surface area contributed by atoms with E-state index in [2.05, 4.69) is 32.1 Å². The Hall–Kier alpha value is -2.51. The molecule has 25 heavy (non-hydrogen) atoms. The first-order valence-electron chi connectivity index (χ1n) is 7.36. The van der Waals surface area contributed by atoms with Gasteiger partial charge in [-0.3, -0.25) is 25.8 Å². The van der Waals surface area contributed by atoms with E-state index < -0.39 is 5.91 Å². The first-order chi connectivity index (χ1) is 12.0. The highest BCUT2D eigenvalue weighted by Crippen LogP contribution is 2.15. The highest BCUT2D eigenvalue weighted by Gasteiger charge is 2.09. The van der Waals surface area contributed by atoms with Crippen LogP contribution in [-0.4, -0.2) is 16.9 Å². The predicted octanol–water partition coefficient (Wildman–Crippen LogP) is 3.11. The number of hydrogen-bond acceptors (Lipinski definition) is 3. The number of hydrazine groups is 1. The van der Waals surface area contributed by atoms with Crippen LogP contribution in [0.2, 0.25) is 0 Å². The van der Waals surface area contributed by atoms with Crippen molar-refractivity contribution in [3.8, 4) is 0 Å². The molecule has 0 saturated carbocycles. The smallest absolute Gasteiger partial charge is 0.270 e. The van der Waals surface area contributed by atoms with Gasteiger partial charge >= 0.3 is 0 Å². The second-order valence-corrected chi connectivity index (χ2v) is 6.38. The zero-order valence-corrected chi connectivity index (χ0v) is 15.8. The molecule has 3 N–H and O–H groups in total. The SMILES string of the molecule is Cc1ccc(C=CC(=O)NC(=S)NNC(=O)c2ccccc2Br)cc1. The lowest BCUT2D eigenvalue weighted by molar-refractivity contribution is -0.115. The molecular weight excluding hydrogens is 402 g/mol. The molecule has 0 spiro atoms. The second-order valence-electron chi connectivity index (χ2n) is 5.12. The Morgan fingerprint density at radius 3 is 2.40 bits per heavy atom. The van der Waals surface area contributed by atoms with Crippen LogP contribution in [0.1, 0.15) is 21.5 Å². The fraction of sp³-hybridized carbons (Fsp3) is 0.0556. The largest absolute Gasteiger partial charge is 0.298 e. The third-order valence-corrected chi connectivity index (χ3v) is 4.04. The minimum atomic E-state index is -0.395. The van der Waals surface area contributed by atoms with Gasteiger partial charge in [-0.05, 0) is 58.8 Å². The van der Waals surface area contributed by atoms with Crippen LogP contribution in [0, 0.1) is 6.92 Å². The van der Waals surface area contributed by atoms with Crippen molar-refractivity contribution < 1.29 is 9.59 Å². The molecule has 0 aliphatic rings. The number of aryl methyl sites for hydroxylation is 1. The zero-order chi connectivity index (χ0) is 18.2. The van der Waals surface area contributed by atoms with Crippen molar-refractivity contribution in [2.24, 2.45) is 0 Å². The van der Waals surface area contributed by atoms with Crippen molar-refractivity contribution in [3.63, 3.8) is 0 Å². The lowest BCUT2D eigenvalue weighted by Gasteiger charge is -2.10. The summed E-state index contributed by atoms with van der Waals surface area (Å²) in [6, 6.07) is 14.7. The minimum Gasteiger partial charge on any atom is -0.298 e. The Morgan fingerprint density at radius 2 is 1.72 bits per heavy atom. The molecule has 2 aromatic rings. The number of halogens is 1. The molecule has 2 rings (SSSR count). The number of carbonyl (C=O) groups excluding carboxylic acids is 2. The molecule has 0 bridgehead atoms. The monoisotopic (exact) mass is 417 g/mol. The van der Waals surface area contributed by atoms with E-state index in [1.54, 1.807) is 30.3 Å². The highest BCUT2D eigenvalue weighted by molar-refractivity contribution is 9.10. The van der Waals surface area contributed by atoms with Crippen LogP contribution in [0.3, 0.4) is 0 Å². The Kier molecular flexibility index (Phi) is 6.85. The molecule has 2 amide bonds. The van der Waals surface area contributed by atoms with Crippen molar-refractivity contribution in [3.05, 3.63) is 75.8 Å². The maximum absolute atomic E-state index is 12.0. The number of hydrogen-bond donors (Lipinski definition) is 3. The van der Waals surface area contributed by atoms with Gasteiger partial charge in [0.15, 0.2) is 5.11 Å². The number of thiocarbonyl (C=S) groups is 1. The van der Waals surface area contributed by atoms with E-state index in [1.165, 1.54) is 6.08 Å². The molecule has 7 heteroatoms. The lowest BCUT2D eigenvalue weighted by Crippen LogP contribution is -2.48. The summed E-state index contributed by atoms with van der Waals surface area (Å²) in [5.74, 6) is -0.771. The maximum Gasteiger partial charge on any atom is 0.270 e. The summed E-state index contributed by atoms with van der Waals surface area (Å²) in [6.45, 7) is 1.99. The predicted molar refractivity (Wildman–Crippen MR) is 106 cm³/mol. The molecule has 2 aromatic carbocycles. The standard InChI is InChI=1S/C18H16BrN3O2S/c1-12-6-8-13(9-7-12)10-11-16(23)20-18(25)22-21-17(24)14-4-2-3-5-15(14)19/h2-11H,1H3,(H,21,24)(H2,20,22,23,25). The molecule has 0 aliphatic carbocycles. The average Bonchev–Trinajstić information content (AvgIpc) is 2.59. The molecule has 128 valence electrons. The molecule has 0 aromatic heterocycles. The van der Waals surface area contributed by atoms with E-state index in [9.17, 15) is 9.59 Å². The Balaban J connectivity index is 1.81. The molecule has 0 aliphatic heterocycles. The summed E-state index contributed by atoms with van der Waals surface area (Å²) in [4.78, 5) is 23.8. The summed E-state index contributed by atoms with van der Waals surface area (Å²) in [5.41, 5.74) is 7.41. The lowest BCUT2D eigenvalue weighted by atomic mass is 10.1. The molecule has 0 unspecified atom stereocenters. The molecule has 0 heterocycles. The normalized spacial score (nSPS) is 10.3. The quantitative estimate of drug-likeness (QED) is 0.407. The van der Waals surface area contributed by atoms with Crippen LogP contribution in [0.25, 0.3) is 6.08 Å². The van der Waals surface area contributed by atoms with E-state index in [0.29, 0.717) is 10.0 Å². The summed E-state index contributed by atoms with van der Waals surface area (Å²) >= 11 is 8.27. The van der Waals surface area contributed by atoms with Gasteiger partial charge in [-0.1, -0.05) is 42.0 Å². The van der Waals surface area contributed by atoms with Crippen molar-refractivity contribution >= 4 is 51.2 Å². The van der Waals surface area contributed by atoms with Gasteiger partial charge in [-0.25, -0.2) is 0 Å². The first-order valence-corrected chi connectivity index (χ1v) is 8.56. The van der Waals surface area contributed by atoms with Crippen molar-refractivity contribution in [1.82, 2.24) is 16.2 Å². The van der Waals surface area contributed by atoms with Gasteiger partial charge in [-0.2, -0.15) is 0 Å². The van der Waals surface area contributed by atoms with Gasteiger partial charge in [0.25, 0.3) is 5.91 Å². The highest BCUT2D eigenvalue weighted by atomic mass is 79.9.